The lowest BCUT2D eigenvalue weighted by molar-refractivity contribution is 0.216. The third-order valence-electron chi connectivity index (χ3n) is 5.17. The Balaban J connectivity index is 1.71. The van der Waals surface area contributed by atoms with Gasteiger partial charge in [-0.3, -0.25) is 0 Å². The summed E-state index contributed by atoms with van der Waals surface area (Å²) >= 11 is 0. The summed E-state index contributed by atoms with van der Waals surface area (Å²) in [5.41, 5.74) is 6.18. The zero-order valence-corrected chi connectivity index (χ0v) is 11.9. The highest BCUT2D eigenvalue weighted by molar-refractivity contribution is 5.08. The average molecular weight is 263 g/mol. The van der Waals surface area contributed by atoms with Crippen molar-refractivity contribution in [1.29, 1.82) is 0 Å². The molecule has 1 aromatic rings. The first-order chi connectivity index (χ1) is 9.21. The highest BCUT2D eigenvalue weighted by Gasteiger charge is 2.37. The van der Waals surface area contributed by atoms with Crippen molar-refractivity contribution in [2.45, 2.75) is 76.2 Å². The molecule has 19 heavy (non-hydrogen) atoms. The van der Waals surface area contributed by atoms with Gasteiger partial charge >= 0.3 is 0 Å². The monoisotopic (exact) mass is 263 g/mol. The van der Waals surface area contributed by atoms with Crippen LogP contribution in [0.2, 0.25) is 0 Å². The van der Waals surface area contributed by atoms with Crippen LogP contribution < -0.4 is 5.73 Å². The van der Waals surface area contributed by atoms with Gasteiger partial charge in [0.2, 0.25) is 5.89 Å². The van der Waals surface area contributed by atoms with Crippen LogP contribution in [0.4, 0.5) is 0 Å². The van der Waals surface area contributed by atoms with E-state index in [0.717, 1.165) is 30.5 Å². The average Bonchev–Trinajstić information content (AvgIpc) is 3.10. The van der Waals surface area contributed by atoms with Crippen molar-refractivity contribution in [2.24, 2.45) is 11.7 Å². The zero-order valence-electron chi connectivity index (χ0n) is 11.9. The van der Waals surface area contributed by atoms with Gasteiger partial charge in [0, 0.05) is 5.92 Å². The molecular weight excluding hydrogens is 238 g/mol. The van der Waals surface area contributed by atoms with Crippen molar-refractivity contribution in [3.8, 4) is 0 Å². The fraction of sp³-hybridized carbons (Fsp3) is 0.867. The van der Waals surface area contributed by atoms with Gasteiger partial charge < -0.3 is 10.3 Å². The second-order valence-corrected chi connectivity index (χ2v) is 6.45. The minimum Gasteiger partial charge on any atom is -0.339 e. The maximum atomic E-state index is 6.52. The Bertz CT molecular complexity index is 415. The molecule has 1 heterocycles. The molecule has 0 amide bonds. The van der Waals surface area contributed by atoms with Gasteiger partial charge in [-0.2, -0.15) is 4.98 Å². The van der Waals surface area contributed by atoms with E-state index in [4.69, 9.17) is 10.3 Å². The first-order valence-corrected chi connectivity index (χ1v) is 7.84. The minimum atomic E-state index is -0.341. The first-order valence-electron chi connectivity index (χ1n) is 7.84. The van der Waals surface area contributed by atoms with Gasteiger partial charge in [-0.1, -0.05) is 31.3 Å². The van der Waals surface area contributed by atoms with E-state index in [2.05, 4.69) is 17.1 Å². The molecule has 0 unspecified atom stereocenters. The molecule has 1 aromatic heterocycles. The molecular formula is C15H25N3O. The molecule has 106 valence electrons. The Morgan fingerprint density at radius 1 is 1.21 bits per heavy atom. The van der Waals surface area contributed by atoms with Crippen molar-refractivity contribution in [3.05, 3.63) is 11.7 Å². The molecule has 4 nitrogen and oxygen atoms in total. The molecule has 2 aliphatic rings. The number of hydrogen-bond donors (Lipinski definition) is 1. The lowest BCUT2D eigenvalue weighted by Crippen LogP contribution is -2.41. The Morgan fingerprint density at radius 3 is 2.53 bits per heavy atom. The Morgan fingerprint density at radius 2 is 1.89 bits per heavy atom. The molecule has 2 aliphatic carbocycles. The maximum Gasteiger partial charge on any atom is 0.229 e. The van der Waals surface area contributed by atoms with Crippen molar-refractivity contribution in [2.75, 3.05) is 0 Å². The van der Waals surface area contributed by atoms with Gasteiger partial charge in [-0.15, -0.1) is 0 Å². The highest BCUT2D eigenvalue weighted by Crippen LogP contribution is 2.39. The molecule has 0 aliphatic heterocycles. The SMILES string of the molecule is CCC1CCC(N)(c2noc(C3CCCC3)n2)CC1. The summed E-state index contributed by atoms with van der Waals surface area (Å²) in [6, 6.07) is 0. The van der Waals surface area contributed by atoms with Crippen LogP contribution in [0.15, 0.2) is 4.52 Å². The topological polar surface area (TPSA) is 64.9 Å². The molecule has 0 aromatic carbocycles. The fourth-order valence-corrected chi connectivity index (χ4v) is 3.60. The van der Waals surface area contributed by atoms with E-state index in [1.165, 1.54) is 44.9 Å². The van der Waals surface area contributed by atoms with Crippen LogP contribution in [0.25, 0.3) is 0 Å². The lowest BCUT2D eigenvalue weighted by Gasteiger charge is -2.34. The fourth-order valence-electron chi connectivity index (χ4n) is 3.60. The molecule has 0 saturated heterocycles. The van der Waals surface area contributed by atoms with Gasteiger partial charge in [0.05, 0.1) is 5.54 Å². The molecule has 0 bridgehead atoms. The number of aromatic nitrogens is 2. The third-order valence-corrected chi connectivity index (χ3v) is 5.17. The third kappa shape index (κ3) is 2.55. The number of hydrogen-bond acceptors (Lipinski definition) is 4. The van der Waals surface area contributed by atoms with Gasteiger partial charge in [0.1, 0.15) is 0 Å². The van der Waals surface area contributed by atoms with E-state index >= 15 is 0 Å². The van der Waals surface area contributed by atoms with Crippen molar-refractivity contribution in [1.82, 2.24) is 10.1 Å². The van der Waals surface area contributed by atoms with E-state index in [9.17, 15) is 0 Å². The molecule has 4 heteroatoms. The predicted molar refractivity (Wildman–Crippen MR) is 73.6 cm³/mol. The summed E-state index contributed by atoms with van der Waals surface area (Å²) in [7, 11) is 0. The van der Waals surface area contributed by atoms with E-state index in [-0.39, 0.29) is 5.54 Å². The number of nitrogens with two attached hydrogens (primary N) is 1. The lowest BCUT2D eigenvalue weighted by atomic mass is 9.76. The molecule has 2 N–H and O–H groups in total. The second kappa shape index (κ2) is 5.23. The summed E-state index contributed by atoms with van der Waals surface area (Å²) in [6.07, 6.45) is 10.6. The molecule has 0 atom stereocenters. The van der Waals surface area contributed by atoms with Crippen LogP contribution >= 0.6 is 0 Å². The highest BCUT2D eigenvalue weighted by atomic mass is 16.5. The van der Waals surface area contributed by atoms with Crippen LogP contribution in [0.3, 0.4) is 0 Å². The van der Waals surface area contributed by atoms with Gasteiger partial charge in [-0.25, -0.2) is 0 Å². The standard InChI is InChI=1S/C15H25N3O/c1-2-11-7-9-15(16,10-8-11)14-17-13(19-18-14)12-5-3-4-6-12/h11-12H,2-10,16H2,1H3. The number of nitrogens with zero attached hydrogens (tertiary/aromatic N) is 2. The summed E-state index contributed by atoms with van der Waals surface area (Å²) < 4.78 is 5.48. The summed E-state index contributed by atoms with van der Waals surface area (Å²) in [5, 5.41) is 4.20. The molecule has 2 saturated carbocycles. The second-order valence-electron chi connectivity index (χ2n) is 6.45. The summed E-state index contributed by atoms with van der Waals surface area (Å²) in [4.78, 5) is 4.64. The largest absolute Gasteiger partial charge is 0.339 e. The van der Waals surface area contributed by atoms with Crippen LogP contribution in [-0.2, 0) is 5.54 Å². The Hall–Kier alpha value is -0.900. The van der Waals surface area contributed by atoms with E-state index in [1.807, 2.05) is 0 Å². The van der Waals surface area contributed by atoms with E-state index in [1.54, 1.807) is 0 Å². The Kier molecular flexibility index (Phi) is 3.61. The normalized spacial score (nSPS) is 32.8. The minimum absolute atomic E-state index is 0.341. The van der Waals surface area contributed by atoms with Crippen LogP contribution in [0.1, 0.15) is 82.3 Å². The Labute approximate surface area is 115 Å². The maximum absolute atomic E-state index is 6.52. The predicted octanol–water partition coefficient (Wildman–Crippen LogP) is 3.48. The van der Waals surface area contributed by atoms with Gasteiger partial charge in [-0.05, 0) is 44.4 Å². The van der Waals surface area contributed by atoms with Crippen molar-refractivity contribution in [3.63, 3.8) is 0 Å². The molecule has 0 radical (unpaired) electrons. The van der Waals surface area contributed by atoms with Gasteiger partial charge in [0.15, 0.2) is 5.82 Å². The van der Waals surface area contributed by atoms with Crippen molar-refractivity contribution >= 4 is 0 Å². The first kappa shape index (κ1) is 13.1. The summed E-state index contributed by atoms with van der Waals surface area (Å²) in [6.45, 7) is 2.26. The van der Waals surface area contributed by atoms with Crippen LogP contribution in [0, 0.1) is 5.92 Å². The van der Waals surface area contributed by atoms with Gasteiger partial charge in [0.25, 0.3) is 0 Å². The molecule has 0 spiro atoms. The molecule has 3 rings (SSSR count). The van der Waals surface area contributed by atoms with Crippen LogP contribution in [-0.4, -0.2) is 10.1 Å². The molecule has 2 fully saturated rings. The smallest absolute Gasteiger partial charge is 0.229 e. The zero-order chi connectivity index (χ0) is 13.3. The summed E-state index contributed by atoms with van der Waals surface area (Å²) in [5.74, 6) is 2.90. The number of rotatable bonds is 3. The van der Waals surface area contributed by atoms with Crippen LogP contribution in [0.5, 0.6) is 0 Å². The van der Waals surface area contributed by atoms with E-state index < -0.39 is 0 Å². The quantitative estimate of drug-likeness (QED) is 0.906. The van der Waals surface area contributed by atoms with E-state index in [0.29, 0.717) is 5.92 Å². The van der Waals surface area contributed by atoms with Crippen molar-refractivity contribution < 1.29 is 4.52 Å².